The van der Waals surface area contributed by atoms with E-state index >= 15 is 0 Å². The Morgan fingerprint density at radius 3 is 2.67 bits per heavy atom. The molecular weight excluding hydrogens is 266 g/mol. The number of carboxylic acids is 1. The standard InChI is InChI=1S/C17H17NO3/c19-17(20)11-21-15-6-3-12(4-7-15)13-5-8-16-14(10-13)2-1-9-18-16/h3-8,10,18H,1-2,9,11H2,(H,19,20). The van der Waals surface area contributed by atoms with Gasteiger partial charge in [0.2, 0.25) is 0 Å². The molecule has 0 saturated carbocycles. The highest BCUT2D eigenvalue weighted by molar-refractivity contribution is 5.70. The molecule has 21 heavy (non-hydrogen) atoms. The van der Waals surface area contributed by atoms with Gasteiger partial charge >= 0.3 is 5.97 Å². The van der Waals surface area contributed by atoms with Crippen LogP contribution in [0.15, 0.2) is 42.5 Å². The van der Waals surface area contributed by atoms with Crippen molar-refractivity contribution in [3.05, 3.63) is 48.0 Å². The quantitative estimate of drug-likeness (QED) is 0.905. The molecule has 0 amide bonds. The normalized spacial score (nSPS) is 13.1. The van der Waals surface area contributed by atoms with Gasteiger partial charge in [-0.1, -0.05) is 18.2 Å². The summed E-state index contributed by atoms with van der Waals surface area (Å²) in [4.78, 5) is 10.5. The predicted octanol–water partition coefficient (Wildman–Crippen LogP) is 3.18. The molecule has 0 radical (unpaired) electrons. The number of fused-ring (bicyclic) bond motifs is 1. The number of hydrogen-bond donors (Lipinski definition) is 2. The molecule has 0 bridgehead atoms. The molecule has 4 nitrogen and oxygen atoms in total. The van der Waals surface area contributed by atoms with Crippen LogP contribution in [0.3, 0.4) is 0 Å². The monoisotopic (exact) mass is 283 g/mol. The number of rotatable bonds is 4. The Morgan fingerprint density at radius 1 is 1.14 bits per heavy atom. The number of carboxylic acid groups (broad SMARTS) is 1. The van der Waals surface area contributed by atoms with E-state index in [1.807, 2.05) is 12.1 Å². The van der Waals surface area contributed by atoms with Gasteiger partial charge in [-0.05, 0) is 53.8 Å². The van der Waals surface area contributed by atoms with E-state index in [9.17, 15) is 4.79 Å². The molecule has 3 rings (SSSR count). The highest BCUT2D eigenvalue weighted by Crippen LogP contribution is 2.29. The second-order valence-corrected chi connectivity index (χ2v) is 5.11. The van der Waals surface area contributed by atoms with Crippen LogP contribution in [0.5, 0.6) is 5.75 Å². The Labute approximate surface area is 123 Å². The summed E-state index contributed by atoms with van der Waals surface area (Å²) >= 11 is 0. The Hall–Kier alpha value is -2.49. The van der Waals surface area contributed by atoms with Crippen molar-refractivity contribution in [1.29, 1.82) is 0 Å². The molecule has 0 aromatic heterocycles. The molecule has 2 aromatic rings. The van der Waals surface area contributed by atoms with Gasteiger partial charge in [0.15, 0.2) is 6.61 Å². The first-order valence-corrected chi connectivity index (χ1v) is 7.04. The van der Waals surface area contributed by atoms with Crippen LogP contribution in [0.2, 0.25) is 0 Å². The molecule has 0 unspecified atom stereocenters. The van der Waals surface area contributed by atoms with Crippen molar-refractivity contribution in [2.24, 2.45) is 0 Å². The van der Waals surface area contributed by atoms with Gasteiger partial charge in [0, 0.05) is 12.2 Å². The highest BCUT2D eigenvalue weighted by atomic mass is 16.5. The van der Waals surface area contributed by atoms with Crippen LogP contribution in [-0.2, 0) is 11.2 Å². The van der Waals surface area contributed by atoms with Crippen molar-refractivity contribution in [2.75, 3.05) is 18.5 Å². The molecular formula is C17H17NO3. The number of aryl methyl sites for hydroxylation is 1. The molecule has 1 aliphatic heterocycles. The lowest BCUT2D eigenvalue weighted by Crippen LogP contribution is -2.11. The van der Waals surface area contributed by atoms with Crippen LogP contribution in [0.25, 0.3) is 11.1 Å². The molecule has 108 valence electrons. The fourth-order valence-corrected chi connectivity index (χ4v) is 2.54. The van der Waals surface area contributed by atoms with Crippen molar-refractivity contribution in [1.82, 2.24) is 0 Å². The van der Waals surface area contributed by atoms with Gasteiger partial charge in [0.05, 0.1) is 0 Å². The largest absolute Gasteiger partial charge is 0.482 e. The van der Waals surface area contributed by atoms with E-state index in [1.54, 1.807) is 12.1 Å². The SMILES string of the molecule is O=C(O)COc1ccc(-c2ccc3c(c2)CCCN3)cc1. The van der Waals surface area contributed by atoms with Crippen LogP contribution < -0.4 is 10.1 Å². The maximum absolute atomic E-state index is 10.5. The summed E-state index contributed by atoms with van der Waals surface area (Å²) in [7, 11) is 0. The topological polar surface area (TPSA) is 58.6 Å². The van der Waals surface area contributed by atoms with E-state index in [0.29, 0.717) is 5.75 Å². The van der Waals surface area contributed by atoms with Crippen LogP contribution >= 0.6 is 0 Å². The van der Waals surface area contributed by atoms with E-state index < -0.39 is 5.97 Å². The molecule has 1 heterocycles. The van der Waals surface area contributed by atoms with Gasteiger partial charge in [-0.2, -0.15) is 0 Å². The summed E-state index contributed by atoms with van der Waals surface area (Å²) in [6.07, 6.45) is 2.27. The Balaban J connectivity index is 1.79. The van der Waals surface area contributed by atoms with Crippen molar-refractivity contribution >= 4 is 11.7 Å². The maximum atomic E-state index is 10.5. The summed E-state index contributed by atoms with van der Waals surface area (Å²) in [5.41, 5.74) is 4.85. The van der Waals surface area contributed by atoms with E-state index in [4.69, 9.17) is 9.84 Å². The van der Waals surface area contributed by atoms with Gasteiger partial charge in [-0.15, -0.1) is 0 Å². The van der Waals surface area contributed by atoms with Crippen LogP contribution in [-0.4, -0.2) is 24.2 Å². The maximum Gasteiger partial charge on any atom is 0.341 e. The summed E-state index contributed by atoms with van der Waals surface area (Å²) < 4.78 is 5.14. The molecule has 4 heteroatoms. The zero-order valence-electron chi connectivity index (χ0n) is 11.6. The fraction of sp³-hybridized carbons (Fsp3) is 0.235. The van der Waals surface area contributed by atoms with Gasteiger partial charge in [0.25, 0.3) is 0 Å². The molecule has 0 spiro atoms. The van der Waals surface area contributed by atoms with Crippen molar-refractivity contribution < 1.29 is 14.6 Å². The summed E-state index contributed by atoms with van der Waals surface area (Å²) in [6, 6.07) is 14.0. The third kappa shape index (κ3) is 3.16. The number of anilines is 1. The van der Waals surface area contributed by atoms with Gasteiger partial charge in [-0.25, -0.2) is 4.79 Å². The van der Waals surface area contributed by atoms with Gasteiger partial charge in [-0.3, -0.25) is 0 Å². The second kappa shape index (κ2) is 5.87. The lowest BCUT2D eigenvalue weighted by Gasteiger charge is -2.18. The second-order valence-electron chi connectivity index (χ2n) is 5.11. The van der Waals surface area contributed by atoms with E-state index in [-0.39, 0.29) is 6.61 Å². The van der Waals surface area contributed by atoms with E-state index in [0.717, 1.165) is 18.5 Å². The minimum absolute atomic E-state index is 0.316. The molecule has 1 aliphatic rings. The average Bonchev–Trinajstić information content (AvgIpc) is 2.53. The van der Waals surface area contributed by atoms with Crippen LogP contribution in [0.1, 0.15) is 12.0 Å². The summed E-state index contributed by atoms with van der Waals surface area (Å²) in [6.45, 7) is 0.728. The zero-order valence-corrected chi connectivity index (χ0v) is 11.6. The molecule has 0 fully saturated rings. The molecule has 2 N–H and O–H groups in total. The number of hydrogen-bond acceptors (Lipinski definition) is 3. The van der Waals surface area contributed by atoms with Crippen molar-refractivity contribution in [3.8, 4) is 16.9 Å². The predicted molar refractivity (Wildman–Crippen MR) is 81.8 cm³/mol. The van der Waals surface area contributed by atoms with Gasteiger partial charge in [0.1, 0.15) is 5.75 Å². The highest BCUT2D eigenvalue weighted by Gasteiger charge is 2.09. The summed E-state index contributed by atoms with van der Waals surface area (Å²) in [5, 5.41) is 12.0. The number of nitrogens with one attached hydrogen (secondary N) is 1. The van der Waals surface area contributed by atoms with E-state index in [1.165, 1.54) is 23.2 Å². The van der Waals surface area contributed by atoms with Crippen molar-refractivity contribution in [3.63, 3.8) is 0 Å². The zero-order chi connectivity index (χ0) is 14.7. The first-order valence-electron chi connectivity index (χ1n) is 7.04. The number of benzene rings is 2. The minimum Gasteiger partial charge on any atom is -0.482 e. The first kappa shape index (κ1) is 13.5. The number of carbonyl (C=O) groups is 1. The summed E-state index contributed by atoms with van der Waals surface area (Å²) in [5.74, 6) is -0.401. The third-order valence-corrected chi connectivity index (χ3v) is 3.59. The molecule has 0 atom stereocenters. The van der Waals surface area contributed by atoms with Crippen LogP contribution in [0.4, 0.5) is 5.69 Å². The molecule has 2 aromatic carbocycles. The Kier molecular flexibility index (Phi) is 3.77. The van der Waals surface area contributed by atoms with E-state index in [2.05, 4.69) is 23.5 Å². The lowest BCUT2D eigenvalue weighted by atomic mass is 9.97. The Bertz CT molecular complexity index is 650. The van der Waals surface area contributed by atoms with Crippen LogP contribution in [0, 0.1) is 0 Å². The smallest absolute Gasteiger partial charge is 0.341 e. The minimum atomic E-state index is -0.971. The molecule has 0 aliphatic carbocycles. The van der Waals surface area contributed by atoms with Gasteiger partial charge < -0.3 is 15.2 Å². The number of aliphatic carboxylic acids is 1. The first-order chi connectivity index (χ1) is 10.2. The third-order valence-electron chi connectivity index (χ3n) is 3.59. The lowest BCUT2D eigenvalue weighted by molar-refractivity contribution is -0.139. The Morgan fingerprint density at radius 2 is 1.90 bits per heavy atom. The average molecular weight is 283 g/mol. The van der Waals surface area contributed by atoms with Crippen molar-refractivity contribution in [2.45, 2.75) is 12.8 Å². The fourth-order valence-electron chi connectivity index (χ4n) is 2.54. The molecule has 0 saturated heterocycles. The number of ether oxygens (including phenoxy) is 1.